The average molecular weight is 138 g/mol. The Morgan fingerprint density at radius 2 is 2.20 bits per heavy atom. The first-order valence-electron chi connectivity index (χ1n) is 3.89. The van der Waals surface area contributed by atoms with Gasteiger partial charge in [0.05, 0.1) is 14.1 Å². The molecular formula is C9H16N+. The van der Waals surface area contributed by atoms with Crippen LogP contribution in [0.2, 0.25) is 0 Å². The zero-order chi connectivity index (χ0) is 7.56. The molecule has 0 aromatic heterocycles. The molecule has 0 aromatic carbocycles. The Labute approximate surface area is 63.0 Å². The number of allylic oxidation sites excluding steroid dienone is 3. The molecule has 1 nitrogen and oxygen atoms in total. The molecule has 1 heteroatoms. The topological polar surface area (TPSA) is 4.44 Å². The Bertz CT molecular complexity index is 166. The lowest BCUT2D eigenvalue weighted by Crippen LogP contribution is -3.03. The number of hydrogen-bond donors (Lipinski definition) is 1. The summed E-state index contributed by atoms with van der Waals surface area (Å²) in [6.07, 6.45) is 8.03. The van der Waals surface area contributed by atoms with Crippen LogP contribution in [0.1, 0.15) is 13.3 Å². The fraction of sp³-hybridized carbons (Fsp3) is 0.556. The van der Waals surface area contributed by atoms with Crippen LogP contribution < -0.4 is 4.90 Å². The van der Waals surface area contributed by atoms with Crippen molar-refractivity contribution in [2.45, 2.75) is 13.3 Å². The van der Waals surface area contributed by atoms with Gasteiger partial charge in [0.15, 0.2) is 0 Å². The predicted octanol–water partition coefficient (Wildman–Crippen LogP) is 0.611. The third-order valence-electron chi connectivity index (χ3n) is 1.89. The molecule has 0 saturated heterocycles. The van der Waals surface area contributed by atoms with Gasteiger partial charge in [0.25, 0.3) is 0 Å². The van der Waals surface area contributed by atoms with Crippen LogP contribution in [0.15, 0.2) is 23.9 Å². The summed E-state index contributed by atoms with van der Waals surface area (Å²) in [5, 5.41) is 0. The summed E-state index contributed by atoms with van der Waals surface area (Å²) in [6, 6.07) is 0. The summed E-state index contributed by atoms with van der Waals surface area (Å²) < 4.78 is 0. The molecule has 0 bridgehead atoms. The zero-order valence-corrected chi connectivity index (χ0v) is 7.02. The molecule has 0 fully saturated rings. The fourth-order valence-electron chi connectivity index (χ4n) is 1.10. The standard InChI is InChI=1S/C9H15N/c1-8-4-6-9(7-5-8)10(2)3/h4,6-8H,5H2,1-3H3/p+1. The second-order valence-corrected chi connectivity index (χ2v) is 3.23. The van der Waals surface area contributed by atoms with Crippen molar-refractivity contribution >= 4 is 0 Å². The fourth-order valence-corrected chi connectivity index (χ4v) is 1.10. The highest BCUT2D eigenvalue weighted by atomic mass is 15.1. The first-order valence-corrected chi connectivity index (χ1v) is 3.89. The summed E-state index contributed by atoms with van der Waals surface area (Å²) in [7, 11) is 4.32. The van der Waals surface area contributed by atoms with Crippen molar-refractivity contribution in [2.24, 2.45) is 5.92 Å². The summed E-state index contributed by atoms with van der Waals surface area (Å²) in [4.78, 5) is 1.42. The first kappa shape index (κ1) is 7.55. The number of likely N-dealkylation sites (N-methyl/N-ethyl adjacent to an activating group) is 1. The highest BCUT2D eigenvalue weighted by molar-refractivity contribution is 5.16. The molecule has 1 atom stereocenters. The predicted molar refractivity (Wildman–Crippen MR) is 43.8 cm³/mol. The van der Waals surface area contributed by atoms with Crippen LogP contribution in [0.4, 0.5) is 0 Å². The third-order valence-corrected chi connectivity index (χ3v) is 1.89. The second kappa shape index (κ2) is 3.02. The van der Waals surface area contributed by atoms with Gasteiger partial charge < -0.3 is 4.90 Å². The van der Waals surface area contributed by atoms with Gasteiger partial charge in [-0.25, -0.2) is 0 Å². The molecule has 0 aliphatic heterocycles. The maximum Gasteiger partial charge on any atom is 0.126 e. The van der Waals surface area contributed by atoms with Crippen LogP contribution in [-0.4, -0.2) is 14.1 Å². The van der Waals surface area contributed by atoms with Crippen LogP contribution in [0.25, 0.3) is 0 Å². The van der Waals surface area contributed by atoms with Gasteiger partial charge in [-0.15, -0.1) is 0 Å². The molecule has 10 heavy (non-hydrogen) atoms. The molecule has 1 aliphatic carbocycles. The van der Waals surface area contributed by atoms with Crippen LogP contribution >= 0.6 is 0 Å². The minimum absolute atomic E-state index is 0.739. The Morgan fingerprint density at radius 1 is 1.50 bits per heavy atom. The molecule has 56 valence electrons. The average Bonchev–Trinajstić information content (AvgIpc) is 1.88. The molecule has 0 saturated carbocycles. The van der Waals surface area contributed by atoms with E-state index < -0.39 is 0 Å². The molecular weight excluding hydrogens is 122 g/mol. The normalized spacial score (nSPS) is 25.2. The number of rotatable bonds is 1. The Hall–Kier alpha value is -0.560. The van der Waals surface area contributed by atoms with E-state index in [1.807, 2.05) is 0 Å². The number of quaternary nitrogens is 1. The lowest BCUT2D eigenvalue weighted by atomic mass is 10.0. The summed E-state index contributed by atoms with van der Waals surface area (Å²) in [6.45, 7) is 2.24. The van der Waals surface area contributed by atoms with Gasteiger partial charge in [0.1, 0.15) is 5.70 Å². The second-order valence-electron chi connectivity index (χ2n) is 3.23. The molecule has 0 heterocycles. The molecule has 0 radical (unpaired) electrons. The van der Waals surface area contributed by atoms with Crippen LogP contribution in [0.3, 0.4) is 0 Å². The van der Waals surface area contributed by atoms with Gasteiger partial charge in [-0.2, -0.15) is 0 Å². The molecule has 1 rings (SSSR count). The van der Waals surface area contributed by atoms with Gasteiger partial charge in [-0.1, -0.05) is 13.0 Å². The van der Waals surface area contributed by atoms with E-state index >= 15 is 0 Å². The van der Waals surface area contributed by atoms with Gasteiger partial charge in [-0.3, -0.25) is 0 Å². The highest BCUT2D eigenvalue weighted by Gasteiger charge is 2.06. The summed E-state index contributed by atoms with van der Waals surface area (Å²) in [5.74, 6) is 0.739. The van der Waals surface area contributed by atoms with Gasteiger partial charge in [-0.05, 0) is 24.5 Å². The van der Waals surface area contributed by atoms with E-state index in [4.69, 9.17) is 0 Å². The van der Waals surface area contributed by atoms with E-state index in [0.29, 0.717) is 0 Å². The molecule has 0 spiro atoms. The van der Waals surface area contributed by atoms with E-state index in [1.165, 1.54) is 17.0 Å². The first-order chi connectivity index (χ1) is 4.70. The molecule has 1 aliphatic rings. The molecule has 0 amide bonds. The van der Waals surface area contributed by atoms with E-state index in [-0.39, 0.29) is 0 Å². The van der Waals surface area contributed by atoms with Gasteiger partial charge in [0.2, 0.25) is 0 Å². The largest absolute Gasteiger partial charge is 0.308 e. The van der Waals surface area contributed by atoms with E-state index in [0.717, 1.165) is 5.92 Å². The molecule has 1 unspecified atom stereocenters. The number of hydrogen-bond acceptors (Lipinski definition) is 0. The van der Waals surface area contributed by atoms with Crippen molar-refractivity contribution in [3.8, 4) is 0 Å². The van der Waals surface area contributed by atoms with Crippen molar-refractivity contribution in [3.63, 3.8) is 0 Å². The minimum atomic E-state index is 0.739. The van der Waals surface area contributed by atoms with Crippen LogP contribution in [0, 0.1) is 5.92 Å². The summed E-state index contributed by atoms with van der Waals surface area (Å²) >= 11 is 0. The zero-order valence-electron chi connectivity index (χ0n) is 7.02. The molecule has 0 aromatic rings. The Kier molecular flexibility index (Phi) is 2.28. The van der Waals surface area contributed by atoms with Crippen molar-refractivity contribution in [1.82, 2.24) is 0 Å². The smallest absolute Gasteiger partial charge is 0.126 e. The van der Waals surface area contributed by atoms with E-state index in [2.05, 4.69) is 39.2 Å². The maximum atomic E-state index is 2.32. The quantitative estimate of drug-likeness (QED) is 0.541. The molecule has 1 N–H and O–H groups in total. The highest BCUT2D eigenvalue weighted by Crippen LogP contribution is 2.11. The van der Waals surface area contributed by atoms with Crippen LogP contribution in [0.5, 0.6) is 0 Å². The van der Waals surface area contributed by atoms with Crippen molar-refractivity contribution in [3.05, 3.63) is 23.9 Å². The van der Waals surface area contributed by atoms with Crippen molar-refractivity contribution < 1.29 is 4.90 Å². The van der Waals surface area contributed by atoms with Gasteiger partial charge in [0, 0.05) is 0 Å². The Morgan fingerprint density at radius 3 is 2.60 bits per heavy atom. The Balaban J connectivity index is 2.59. The minimum Gasteiger partial charge on any atom is -0.308 e. The monoisotopic (exact) mass is 138 g/mol. The lowest BCUT2D eigenvalue weighted by molar-refractivity contribution is -0.813. The number of nitrogens with one attached hydrogen (secondary N) is 1. The van der Waals surface area contributed by atoms with Gasteiger partial charge >= 0.3 is 0 Å². The maximum absolute atomic E-state index is 2.32. The van der Waals surface area contributed by atoms with Crippen LogP contribution in [-0.2, 0) is 0 Å². The summed E-state index contributed by atoms with van der Waals surface area (Å²) in [5.41, 5.74) is 1.41. The lowest BCUT2D eigenvalue weighted by Gasteiger charge is -2.13. The van der Waals surface area contributed by atoms with Crippen molar-refractivity contribution in [2.75, 3.05) is 14.1 Å². The van der Waals surface area contributed by atoms with E-state index in [9.17, 15) is 0 Å². The third kappa shape index (κ3) is 1.71. The van der Waals surface area contributed by atoms with Crippen molar-refractivity contribution in [1.29, 1.82) is 0 Å². The SMILES string of the molecule is CC1C=CC([NH+](C)C)=CC1. The van der Waals surface area contributed by atoms with E-state index in [1.54, 1.807) is 0 Å².